The van der Waals surface area contributed by atoms with Crippen molar-refractivity contribution in [2.75, 3.05) is 20.2 Å². The van der Waals surface area contributed by atoms with Gasteiger partial charge in [-0.25, -0.2) is 4.79 Å². The van der Waals surface area contributed by atoms with Crippen LogP contribution in [0.15, 0.2) is 24.3 Å². The molecule has 2 aliphatic rings. The van der Waals surface area contributed by atoms with Gasteiger partial charge in [0, 0.05) is 32.1 Å². The van der Waals surface area contributed by atoms with E-state index in [9.17, 15) is 18.0 Å². The Labute approximate surface area is 168 Å². The number of nitrogens with one attached hydrogen (secondary N) is 1. The highest BCUT2D eigenvalue weighted by atomic mass is 19.4. The van der Waals surface area contributed by atoms with Crippen molar-refractivity contribution in [3.05, 3.63) is 29.8 Å². The minimum atomic E-state index is -5.08. The molecule has 29 heavy (non-hydrogen) atoms. The molecule has 1 amide bonds. The highest BCUT2D eigenvalue weighted by Gasteiger charge is 2.55. The third-order valence-corrected chi connectivity index (χ3v) is 5.13. The summed E-state index contributed by atoms with van der Waals surface area (Å²) in [5, 5.41) is 10.1. The third kappa shape index (κ3) is 6.92. The molecule has 1 unspecified atom stereocenters. The van der Waals surface area contributed by atoms with Gasteiger partial charge in [-0.15, -0.1) is 0 Å². The monoisotopic (exact) mass is 416 g/mol. The number of carboxylic acid groups (broad SMARTS) is 1. The van der Waals surface area contributed by atoms with E-state index in [4.69, 9.17) is 14.6 Å². The Balaban J connectivity index is 0.000000370. The van der Waals surface area contributed by atoms with Gasteiger partial charge in [0.25, 0.3) is 0 Å². The van der Waals surface area contributed by atoms with Gasteiger partial charge in [0.15, 0.2) is 0 Å². The number of halogens is 3. The number of carboxylic acids is 1. The summed E-state index contributed by atoms with van der Waals surface area (Å²) in [6.45, 7) is 7.30. The third-order valence-electron chi connectivity index (χ3n) is 5.13. The average Bonchev–Trinajstić information content (AvgIpc) is 3.05. The Morgan fingerprint density at radius 3 is 2.14 bits per heavy atom. The zero-order chi connectivity index (χ0) is 21.8. The number of ether oxygens (including phenoxy) is 1. The van der Waals surface area contributed by atoms with Gasteiger partial charge in [-0.05, 0) is 49.3 Å². The maximum absolute atomic E-state index is 11.8. The fourth-order valence-electron chi connectivity index (χ4n) is 3.75. The zero-order valence-corrected chi connectivity index (χ0v) is 16.7. The molecule has 1 aromatic rings. The van der Waals surface area contributed by atoms with Crippen LogP contribution in [0.1, 0.15) is 25.8 Å². The minimum Gasteiger partial charge on any atom is -0.497 e. The number of nitrogens with zero attached hydrogens (tertiary/aromatic N) is 1. The van der Waals surface area contributed by atoms with E-state index in [1.807, 2.05) is 26.0 Å². The van der Waals surface area contributed by atoms with Gasteiger partial charge < -0.3 is 15.2 Å². The molecule has 3 atom stereocenters. The SMILES string of the molecule is COc1ccc(CN2C[C@@H]3C(CC(=O)NC(C)C)[C@@H]3C2)cc1.O=C(O)C(F)(F)F. The number of fused-ring (bicyclic) bond motifs is 1. The van der Waals surface area contributed by atoms with Crippen molar-refractivity contribution < 1.29 is 32.6 Å². The number of carbonyl (C=O) groups excluding carboxylic acids is 1. The van der Waals surface area contributed by atoms with Crippen molar-refractivity contribution in [2.24, 2.45) is 17.8 Å². The number of alkyl halides is 3. The number of amides is 1. The Hall–Kier alpha value is -2.29. The van der Waals surface area contributed by atoms with E-state index in [1.54, 1.807) is 7.11 Å². The van der Waals surface area contributed by atoms with Crippen LogP contribution in [-0.2, 0) is 16.1 Å². The normalized spacial score (nSPS) is 23.1. The van der Waals surface area contributed by atoms with E-state index in [1.165, 1.54) is 5.56 Å². The van der Waals surface area contributed by atoms with Crippen LogP contribution in [0, 0.1) is 17.8 Å². The molecule has 1 aliphatic heterocycles. The molecule has 0 bridgehead atoms. The molecule has 2 N–H and O–H groups in total. The lowest BCUT2D eigenvalue weighted by molar-refractivity contribution is -0.192. The number of methoxy groups -OCH3 is 1. The number of benzene rings is 1. The average molecular weight is 416 g/mol. The molecule has 1 saturated heterocycles. The Morgan fingerprint density at radius 2 is 1.72 bits per heavy atom. The summed E-state index contributed by atoms with van der Waals surface area (Å²) in [7, 11) is 1.69. The van der Waals surface area contributed by atoms with Crippen LogP contribution in [0.25, 0.3) is 0 Å². The molecule has 0 radical (unpaired) electrons. The van der Waals surface area contributed by atoms with Crippen LogP contribution in [0.5, 0.6) is 5.75 Å². The highest BCUT2D eigenvalue weighted by molar-refractivity contribution is 5.77. The van der Waals surface area contributed by atoms with Gasteiger partial charge in [-0.1, -0.05) is 12.1 Å². The van der Waals surface area contributed by atoms with Crippen molar-refractivity contribution in [3.8, 4) is 5.75 Å². The lowest BCUT2D eigenvalue weighted by Crippen LogP contribution is -2.31. The molecule has 3 rings (SSSR count). The van der Waals surface area contributed by atoms with E-state index in [-0.39, 0.29) is 11.9 Å². The fraction of sp³-hybridized carbons (Fsp3) is 0.600. The second kappa shape index (κ2) is 9.47. The maximum atomic E-state index is 11.8. The first-order valence-corrected chi connectivity index (χ1v) is 9.46. The molecule has 1 aliphatic carbocycles. The molecule has 0 spiro atoms. The zero-order valence-electron chi connectivity index (χ0n) is 16.7. The van der Waals surface area contributed by atoms with Gasteiger partial charge in [-0.3, -0.25) is 9.69 Å². The van der Waals surface area contributed by atoms with Crippen molar-refractivity contribution in [1.29, 1.82) is 0 Å². The van der Waals surface area contributed by atoms with E-state index in [2.05, 4.69) is 22.3 Å². The first-order chi connectivity index (χ1) is 13.5. The van der Waals surface area contributed by atoms with Crippen molar-refractivity contribution in [1.82, 2.24) is 10.2 Å². The van der Waals surface area contributed by atoms with Gasteiger partial charge in [0.1, 0.15) is 5.75 Å². The standard InChI is InChI=1S/C18H26N2O2.C2HF3O2/c1-12(2)19-18(21)8-15-16-10-20(11-17(15)16)9-13-4-6-14(22-3)7-5-13;3-2(4,5)1(6)7/h4-7,12,15-17H,8-11H2,1-3H3,(H,19,21);(H,6,7)/t15?,16-,17+;. The number of hydrogen-bond acceptors (Lipinski definition) is 4. The summed E-state index contributed by atoms with van der Waals surface area (Å²) in [5.74, 6) is 0.450. The second-order valence-corrected chi connectivity index (χ2v) is 7.76. The van der Waals surface area contributed by atoms with E-state index in [0.29, 0.717) is 12.3 Å². The molecule has 0 aromatic heterocycles. The molecular formula is C20H27F3N2O4. The number of rotatable bonds is 6. The summed E-state index contributed by atoms with van der Waals surface area (Å²) in [6, 6.07) is 8.56. The first kappa shape index (κ1) is 23.0. The van der Waals surface area contributed by atoms with Crippen LogP contribution in [0.4, 0.5) is 13.2 Å². The second-order valence-electron chi connectivity index (χ2n) is 7.76. The summed E-state index contributed by atoms with van der Waals surface area (Å²) in [4.78, 5) is 23.2. The fourth-order valence-corrected chi connectivity index (χ4v) is 3.75. The maximum Gasteiger partial charge on any atom is 0.490 e. The lowest BCUT2D eigenvalue weighted by atomic mass is 10.1. The molecule has 162 valence electrons. The molecule has 1 heterocycles. The van der Waals surface area contributed by atoms with Crippen molar-refractivity contribution in [2.45, 2.75) is 39.0 Å². The topological polar surface area (TPSA) is 78.9 Å². The predicted molar refractivity (Wildman–Crippen MR) is 100 cm³/mol. The van der Waals surface area contributed by atoms with E-state index >= 15 is 0 Å². The summed E-state index contributed by atoms with van der Waals surface area (Å²) < 4.78 is 36.9. The molecule has 1 aromatic carbocycles. The minimum absolute atomic E-state index is 0.219. The number of hydrogen-bond donors (Lipinski definition) is 2. The molecule has 9 heteroatoms. The first-order valence-electron chi connectivity index (χ1n) is 9.46. The number of carbonyl (C=O) groups is 2. The summed E-state index contributed by atoms with van der Waals surface area (Å²) >= 11 is 0. The van der Waals surface area contributed by atoms with E-state index < -0.39 is 12.1 Å². The lowest BCUT2D eigenvalue weighted by Gasteiger charge is -2.19. The van der Waals surface area contributed by atoms with Crippen molar-refractivity contribution in [3.63, 3.8) is 0 Å². The Morgan fingerprint density at radius 1 is 1.21 bits per heavy atom. The van der Waals surface area contributed by atoms with Gasteiger partial charge >= 0.3 is 12.1 Å². The van der Waals surface area contributed by atoms with Crippen LogP contribution < -0.4 is 10.1 Å². The predicted octanol–water partition coefficient (Wildman–Crippen LogP) is 2.92. The van der Waals surface area contributed by atoms with Crippen LogP contribution in [0.3, 0.4) is 0 Å². The molecule has 6 nitrogen and oxygen atoms in total. The largest absolute Gasteiger partial charge is 0.497 e. The van der Waals surface area contributed by atoms with Crippen molar-refractivity contribution >= 4 is 11.9 Å². The van der Waals surface area contributed by atoms with Gasteiger partial charge in [0.2, 0.25) is 5.91 Å². The van der Waals surface area contributed by atoms with Gasteiger partial charge in [-0.2, -0.15) is 13.2 Å². The molecular weight excluding hydrogens is 389 g/mol. The Kier molecular flexibility index (Phi) is 7.51. The highest BCUT2D eigenvalue weighted by Crippen LogP contribution is 2.53. The summed E-state index contributed by atoms with van der Waals surface area (Å²) in [6.07, 6.45) is -4.37. The quantitative estimate of drug-likeness (QED) is 0.746. The number of aliphatic carboxylic acids is 1. The smallest absolute Gasteiger partial charge is 0.490 e. The molecule has 1 saturated carbocycles. The Bertz CT molecular complexity index is 695. The number of likely N-dealkylation sites (tertiary alicyclic amines) is 1. The van der Waals surface area contributed by atoms with E-state index in [0.717, 1.165) is 37.2 Å². The number of piperidine rings is 1. The van der Waals surface area contributed by atoms with Crippen LogP contribution in [0.2, 0.25) is 0 Å². The van der Waals surface area contributed by atoms with Crippen LogP contribution in [-0.4, -0.2) is 54.3 Å². The van der Waals surface area contributed by atoms with Gasteiger partial charge in [0.05, 0.1) is 7.11 Å². The summed E-state index contributed by atoms with van der Waals surface area (Å²) in [5.41, 5.74) is 1.33. The molecule has 2 fully saturated rings. The van der Waals surface area contributed by atoms with Crippen LogP contribution >= 0.6 is 0 Å².